The number of rotatable bonds is 2. The Morgan fingerprint density at radius 1 is 1.44 bits per heavy atom. The van der Waals surface area contributed by atoms with Crippen LogP contribution in [0.25, 0.3) is 0 Å². The average molecular weight is 447 g/mol. The molecular formula is C19H18IN3O2. The van der Waals surface area contributed by atoms with Gasteiger partial charge in [-0.05, 0) is 58.3 Å². The Hall–Kier alpha value is -1.83. The number of nitrogens with zero attached hydrogens (tertiary/aromatic N) is 2. The number of nitrogens with one attached hydrogen (secondary N) is 1. The highest BCUT2D eigenvalue weighted by Crippen LogP contribution is 2.65. The van der Waals surface area contributed by atoms with Gasteiger partial charge in [-0.25, -0.2) is 0 Å². The lowest BCUT2D eigenvalue weighted by molar-refractivity contribution is -0.120. The number of carbonyl (C=O) groups is 1. The summed E-state index contributed by atoms with van der Waals surface area (Å²) < 4.78 is 6.49. The molecule has 5 nitrogen and oxygen atoms in total. The highest BCUT2D eigenvalue weighted by Gasteiger charge is 2.67. The monoisotopic (exact) mass is 447 g/mol. The van der Waals surface area contributed by atoms with Crippen molar-refractivity contribution in [1.82, 2.24) is 5.43 Å². The predicted octanol–water partition coefficient (Wildman–Crippen LogP) is 2.76. The molecule has 1 aromatic rings. The van der Waals surface area contributed by atoms with Gasteiger partial charge in [-0.15, -0.1) is 0 Å². The number of hydrogen-bond acceptors (Lipinski definition) is 4. The van der Waals surface area contributed by atoms with Gasteiger partial charge in [0.2, 0.25) is 5.91 Å². The first kappa shape index (κ1) is 15.4. The van der Waals surface area contributed by atoms with E-state index in [-0.39, 0.29) is 17.9 Å². The largest absolute Gasteiger partial charge is 0.497 e. The van der Waals surface area contributed by atoms with Crippen molar-refractivity contribution >= 4 is 37.9 Å². The Morgan fingerprint density at radius 2 is 2.28 bits per heavy atom. The van der Waals surface area contributed by atoms with Crippen LogP contribution in [0, 0.1) is 11.8 Å². The van der Waals surface area contributed by atoms with Crippen LogP contribution >= 0.6 is 22.6 Å². The van der Waals surface area contributed by atoms with E-state index in [2.05, 4.69) is 51.3 Å². The normalized spacial score (nSPS) is 34.4. The van der Waals surface area contributed by atoms with Crippen LogP contribution in [0.4, 0.5) is 5.69 Å². The van der Waals surface area contributed by atoms with Gasteiger partial charge < -0.3 is 15.1 Å². The first-order valence-corrected chi connectivity index (χ1v) is 9.49. The summed E-state index contributed by atoms with van der Waals surface area (Å²) in [6.45, 7) is 0. The van der Waals surface area contributed by atoms with E-state index in [1.54, 1.807) is 12.0 Å². The third kappa shape index (κ3) is 1.94. The van der Waals surface area contributed by atoms with Crippen LogP contribution in [0.2, 0.25) is 0 Å². The molecule has 5 rings (SSSR count). The van der Waals surface area contributed by atoms with E-state index < -0.39 is 5.41 Å². The van der Waals surface area contributed by atoms with Crippen LogP contribution in [0.15, 0.2) is 47.1 Å². The van der Waals surface area contributed by atoms with E-state index in [4.69, 9.17) is 4.74 Å². The number of benzene rings is 1. The number of hydrogen-bond donors (Lipinski definition) is 1. The molecule has 6 heteroatoms. The Bertz CT molecular complexity index is 891. The molecule has 2 heterocycles. The van der Waals surface area contributed by atoms with Gasteiger partial charge in [-0.2, -0.15) is 5.10 Å². The number of halogens is 1. The average Bonchev–Trinajstić information content (AvgIpc) is 3.25. The molecule has 2 aliphatic carbocycles. The Morgan fingerprint density at radius 3 is 3.08 bits per heavy atom. The smallest absolute Gasteiger partial charge is 0.238 e. The number of anilines is 1. The number of fused-ring (bicyclic) bond motifs is 3. The van der Waals surface area contributed by atoms with Gasteiger partial charge in [0.15, 0.2) is 0 Å². The third-order valence-corrected chi connectivity index (χ3v) is 6.91. The summed E-state index contributed by atoms with van der Waals surface area (Å²) in [5.74, 6) is 1.56. The minimum Gasteiger partial charge on any atom is -0.497 e. The lowest BCUT2D eigenvalue weighted by Gasteiger charge is -2.20. The number of hydrazone groups is 1. The molecule has 2 aliphatic heterocycles. The second kappa shape index (κ2) is 5.09. The first-order valence-electron chi connectivity index (χ1n) is 8.41. The molecule has 1 N–H and O–H groups in total. The number of ether oxygens (including phenoxy) is 1. The van der Waals surface area contributed by atoms with Crippen molar-refractivity contribution < 1.29 is 9.53 Å². The summed E-state index contributed by atoms with van der Waals surface area (Å²) >= 11 is 2.28. The van der Waals surface area contributed by atoms with Crippen LogP contribution in [-0.4, -0.2) is 29.8 Å². The molecule has 1 saturated carbocycles. The van der Waals surface area contributed by atoms with Gasteiger partial charge in [0.25, 0.3) is 0 Å². The first-order chi connectivity index (χ1) is 12.1. The summed E-state index contributed by atoms with van der Waals surface area (Å²) in [5.41, 5.74) is 6.12. The molecule has 1 fully saturated rings. The molecule has 1 spiro atoms. The van der Waals surface area contributed by atoms with Crippen molar-refractivity contribution in [2.24, 2.45) is 16.9 Å². The van der Waals surface area contributed by atoms with Crippen LogP contribution in [0.5, 0.6) is 5.75 Å². The Balaban J connectivity index is 1.52. The molecule has 0 aromatic heterocycles. The summed E-state index contributed by atoms with van der Waals surface area (Å²) in [6, 6.07) is 6.16. The maximum Gasteiger partial charge on any atom is 0.238 e. The molecule has 2 unspecified atom stereocenters. The zero-order chi connectivity index (χ0) is 17.3. The molecule has 4 atom stereocenters. The van der Waals surface area contributed by atoms with Gasteiger partial charge in [-0.3, -0.25) is 4.79 Å². The van der Waals surface area contributed by atoms with Crippen molar-refractivity contribution in [1.29, 1.82) is 0 Å². The summed E-state index contributed by atoms with van der Waals surface area (Å²) in [7, 11) is 3.53. The maximum atomic E-state index is 13.1. The van der Waals surface area contributed by atoms with Crippen molar-refractivity contribution in [2.45, 2.75) is 17.9 Å². The summed E-state index contributed by atoms with van der Waals surface area (Å²) in [5, 5.41) is 4.34. The quantitative estimate of drug-likeness (QED) is 0.710. The van der Waals surface area contributed by atoms with E-state index in [0.29, 0.717) is 5.92 Å². The van der Waals surface area contributed by atoms with Crippen LogP contribution in [-0.2, 0) is 10.2 Å². The zero-order valence-electron chi connectivity index (χ0n) is 14.0. The van der Waals surface area contributed by atoms with Crippen molar-refractivity contribution in [3.05, 3.63) is 47.6 Å². The third-order valence-electron chi connectivity index (χ3n) is 5.95. The van der Waals surface area contributed by atoms with E-state index in [9.17, 15) is 4.79 Å². The van der Waals surface area contributed by atoms with Gasteiger partial charge in [0, 0.05) is 18.7 Å². The highest BCUT2D eigenvalue weighted by atomic mass is 127. The van der Waals surface area contributed by atoms with Gasteiger partial charge >= 0.3 is 0 Å². The molecule has 128 valence electrons. The minimum atomic E-state index is -0.422. The fourth-order valence-electron chi connectivity index (χ4n) is 4.50. The topological polar surface area (TPSA) is 53.9 Å². The van der Waals surface area contributed by atoms with Crippen LogP contribution in [0.1, 0.15) is 12.0 Å². The lowest BCUT2D eigenvalue weighted by atomic mass is 9.87. The van der Waals surface area contributed by atoms with Gasteiger partial charge in [0.05, 0.1) is 24.5 Å². The predicted molar refractivity (Wildman–Crippen MR) is 105 cm³/mol. The fraction of sp³-hybridized carbons (Fsp3) is 0.368. The number of methoxy groups -OCH3 is 1. The van der Waals surface area contributed by atoms with Crippen molar-refractivity contribution in [3.8, 4) is 5.75 Å². The zero-order valence-corrected chi connectivity index (χ0v) is 16.1. The van der Waals surface area contributed by atoms with Gasteiger partial charge in [-0.1, -0.05) is 18.2 Å². The second-order valence-electron chi connectivity index (χ2n) is 7.12. The standard InChI is InChI=1S/C19H18IN3O2/c1-23-16-6-4-11(25-2)8-13(16)19(18(23)24)9-14(19)10-3-5-12-15(7-10)21-22-17(12)20/h3-8,12,14-15,21H,9H2,1-2H3/t12?,14-,15?,19-/m0/s1. The molecule has 25 heavy (non-hydrogen) atoms. The number of allylic oxidation sites excluding steroid dienone is 2. The van der Waals surface area contributed by atoms with E-state index in [1.807, 2.05) is 25.2 Å². The van der Waals surface area contributed by atoms with E-state index >= 15 is 0 Å². The molecule has 0 radical (unpaired) electrons. The van der Waals surface area contributed by atoms with Crippen molar-refractivity contribution in [3.63, 3.8) is 0 Å². The molecular weight excluding hydrogens is 429 g/mol. The molecule has 4 aliphatic rings. The second-order valence-corrected chi connectivity index (χ2v) is 8.22. The maximum absolute atomic E-state index is 13.1. The van der Waals surface area contributed by atoms with Gasteiger partial charge in [0.1, 0.15) is 9.47 Å². The Labute approximate surface area is 159 Å². The number of likely N-dealkylation sites (N-methyl/N-ethyl adjacent to an activating group) is 1. The van der Waals surface area contributed by atoms with Crippen molar-refractivity contribution in [2.75, 3.05) is 19.1 Å². The fourth-order valence-corrected chi connectivity index (χ4v) is 5.24. The summed E-state index contributed by atoms with van der Waals surface area (Å²) in [4.78, 5) is 14.9. The molecule has 0 bridgehead atoms. The Kier molecular flexibility index (Phi) is 3.14. The van der Waals surface area contributed by atoms with Crippen LogP contribution < -0.4 is 15.1 Å². The SMILES string of the molecule is COc1ccc2c(c1)[C@]1(C[C@H]1C1=CC3NN=C(I)C3C=C1)C(=O)N2C. The van der Waals surface area contributed by atoms with Crippen LogP contribution in [0.3, 0.4) is 0 Å². The minimum absolute atomic E-state index is 0.197. The molecule has 1 aromatic carbocycles. The van der Waals surface area contributed by atoms with E-state index in [0.717, 1.165) is 27.1 Å². The highest BCUT2D eigenvalue weighted by molar-refractivity contribution is 14.1. The summed E-state index contributed by atoms with van der Waals surface area (Å²) in [6.07, 6.45) is 7.52. The molecule has 0 saturated heterocycles. The number of amides is 1. The van der Waals surface area contributed by atoms with E-state index in [1.165, 1.54) is 5.57 Å². The lowest BCUT2D eigenvalue weighted by Crippen LogP contribution is -2.31. The number of carbonyl (C=O) groups excluding carboxylic acids is 1. The molecule has 1 amide bonds.